The van der Waals surface area contributed by atoms with Crippen molar-refractivity contribution in [1.29, 1.82) is 0 Å². The first-order chi connectivity index (χ1) is 8.72. The number of hydrogen-bond donors (Lipinski definition) is 3. The Morgan fingerprint density at radius 3 is 2.60 bits per heavy atom. The second kappa shape index (κ2) is 12.7. The molecule has 0 fully saturated rings. The van der Waals surface area contributed by atoms with Crippen LogP contribution in [0.3, 0.4) is 0 Å². The zero-order valence-electron chi connectivity index (χ0n) is 11.2. The molecule has 1 heterocycles. The number of hydrogen-bond acceptors (Lipinski definition) is 4. The van der Waals surface area contributed by atoms with Crippen molar-refractivity contribution in [2.75, 3.05) is 25.5 Å². The average molecular weight is 323 g/mol. The third-order valence-electron chi connectivity index (χ3n) is 2.22. The lowest BCUT2D eigenvalue weighted by Gasteiger charge is -2.06. The van der Waals surface area contributed by atoms with Crippen molar-refractivity contribution in [2.24, 2.45) is 0 Å². The van der Waals surface area contributed by atoms with E-state index < -0.39 is 0 Å². The molecule has 0 aliphatic carbocycles. The summed E-state index contributed by atoms with van der Waals surface area (Å²) in [7, 11) is 1.83. The molecule has 0 spiro atoms. The predicted octanol–water partition coefficient (Wildman–Crippen LogP) is 0.979. The zero-order valence-corrected chi connectivity index (χ0v) is 12.9. The van der Waals surface area contributed by atoms with Crippen LogP contribution < -0.4 is 16.0 Å². The molecule has 6 nitrogen and oxygen atoms in total. The number of halogens is 2. The zero-order chi connectivity index (χ0) is 13.2. The van der Waals surface area contributed by atoms with Gasteiger partial charge in [0.15, 0.2) is 0 Å². The second-order valence-corrected chi connectivity index (χ2v) is 3.77. The summed E-state index contributed by atoms with van der Waals surface area (Å²) in [6, 6.07) is 3.46. The molecule has 0 unspecified atom stereocenters. The predicted molar refractivity (Wildman–Crippen MR) is 83.5 cm³/mol. The van der Waals surface area contributed by atoms with Gasteiger partial charge in [-0.2, -0.15) is 0 Å². The third-order valence-corrected chi connectivity index (χ3v) is 2.22. The number of nitrogens with zero attached hydrogens (tertiary/aromatic N) is 1. The molecule has 0 aromatic carbocycles. The summed E-state index contributed by atoms with van der Waals surface area (Å²) in [5.74, 6) is -0.378. The van der Waals surface area contributed by atoms with Crippen LogP contribution in [0.25, 0.3) is 0 Å². The van der Waals surface area contributed by atoms with E-state index in [2.05, 4.69) is 20.9 Å². The molecule has 0 saturated heterocycles. The van der Waals surface area contributed by atoms with Gasteiger partial charge in [-0.25, -0.2) is 0 Å². The average Bonchev–Trinajstić information content (AvgIpc) is 2.38. The summed E-state index contributed by atoms with van der Waals surface area (Å²) >= 11 is 0. The maximum atomic E-state index is 11.5. The lowest BCUT2D eigenvalue weighted by atomic mass is 10.3. The minimum atomic E-state index is -0.259. The minimum absolute atomic E-state index is 0. The van der Waals surface area contributed by atoms with Gasteiger partial charge < -0.3 is 16.0 Å². The molecule has 0 bridgehead atoms. The third kappa shape index (κ3) is 9.55. The van der Waals surface area contributed by atoms with E-state index >= 15 is 0 Å². The fourth-order valence-electron chi connectivity index (χ4n) is 1.33. The summed E-state index contributed by atoms with van der Waals surface area (Å²) in [5, 5.41) is 8.15. The number of pyridine rings is 1. The fourth-order valence-corrected chi connectivity index (χ4v) is 1.33. The van der Waals surface area contributed by atoms with Gasteiger partial charge in [0.1, 0.15) is 0 Å². The van der Waals surface area contributed by atoms with Gasteiger partial charge in [0.05, 0.1) is 18.4 Å². The molecule has 3 N–H and O–H groups in total. The van der Waals surface area contributed by atoms with Crippen LogP contribution in [0, 0.1) is 0 Å². The Labute approximate surface area is 130 Å². The Morgan fingerprint density at radius 2 is 2.00 bits per heavy atom. The van der Waals surface area contributed by atoms with E-state index in [1.807, 2.05) is 7.05 Å². The molecule has 8 heteroatoms. The molecule has 114 valence electrons. The Morgan fingerprint density at radius 1 is 1.25 bits per heavy atom. The largest absolute Gasteiger partial charge is 0.347 e. The van der Waals surface area contributed by atoms with Gasteiger partial charge in [0, 0.05) is 12.6 Å². The van der Waals surface area contributed by atoms with Gasteiger partial charge in [-0.3, -0.25) is 14.6 Å². The maximum Gasteiger partial charge on any atom is 0.243 e. The van der Waals surface area contributed by atoms with Crippen LogP contribution in [-0.4, -0.2) is 36.9 Å². The van der Waals surface area contributed by atoms with Crippen LogP contribution in [0.5, 0.6) is 0 Å². The van der Waals surface area contributed by atoms with Crippen LogP contribution in [0.2, 0.25) is 0 Å². The van der Waals surface area contributed by atoms with Crippen molar-refractivity contribution < 1.29 is 9.59 Å². The van der Waals surface area contributed by atoms with E-state index in [-0.39, 0.29) is 43.2 Å². The Balaban J connectivity index is 0. The molecule has 0 saturated carbocycles. The summed E-state index contributed by atoms with van der Waals surface area (Å²) in [6.07, 6.45) is 4.35. The SMILES string of the molecule is CNCCCC(=O)NCC(=O)Nc1cccnc1.Cl.Cl. The molecule has 1 aromatic rings. The van der Waals surface area contributed by atoms with Crippen molar-refractivity contribution >= 4 is 42.3 Å². The summed E-state index contributed by atoms with van der Waals surface area (Å²) in [5.41, 5.74) is 0.618. The summed E-state index contributed by atoms with van der Waals surface area (Å²) in [6.45, 7) is 0.766. The van der Waals surface area contributed by atoms with Crippen LogP contribution in [-0.2, 0) is 9.59 Å². The quantitative estimate of drug-likeness (QED) is 0.653. The van der Waals surface area contributed by atoms with E-state index in [0.29, 0.717) is 12.1 Å². The number of anilines is 1. The number of amides is 2. The van der Waals surface area contributed by atoms with Crippen molar-refractivity contribution in [3.63, 3.8) is 0 Å². The molecule has 2 amide bonds. The molecule has 0 atom stereocenters. The van der Waals surface area contributed by atoms with Gasteiger partial charge in [0.2, 0.25) is 11.8 Å². The number of carbonyl (C=O) groups is 2. The highest BCUT2D eigenvalue weighted by atomic mass is 35.5. The van der Waals surface area contributed by atoms with Gasteiger partial charge in [-0.05, 0) is 32.1 Å². The topological polar surface area (TPSA) is 83.1 Å². The smallest absolute Gasteiger partial charge is 0.243 e. The molecular formula is C12H20Cl2N4O2. The Hall–Kier alpha value is -1.37. The number of carbonyl (C=O) groups excluding carboxylic acids is 2. The normalized spacial score (nSPS) is 8.85. The number of aromatic nitrogens is 1. The number of rotatable bonds is 7. The molecule has 0 aliphatic heterocycles. The monoisotopic (exact) mass is 322 g/mol. The highest BCUT2D eigenvalue weighted by Crippen LogP contribution is 2.01. The van der Waals surface area contributed by atoms with Crippen LogP contribution >= 0.6 is 24.8 Å². The van der Waals surface area contributed by atoms with E-state index in [9.17, 15) is 9.59 Å². The van der Waals surface area contributed by atoms with Crippen LogP contribution in [0.15, 0.2) is 24.5 Å². The maximum absolute atomic E-state index is 11.5. The van der Waals surface area contributed by atoms with E-state index in [1.54, 1.807) is 24.5 Å². The van der Waals surface area contributed by atoms with Gasteiger partial charge in [-0.15, -0.1) is 24.8 Å². The summed E-state index contributed by atoms with van der Waals surface area (Å²) in [4.78, 5) is 26.7. The second-order valence-electron chi connectivity index (χ2n) is 3.77. The lowest BCUT2D eigenvalue weighted by molar-refractivity contribution is -0.124. The first-order valence-electron chi connectivity index (χ1n) is 5.83. The first-order valence-corrected chi connectivity index (χ1v) is 5.83. The minimum Gasteiger partial charge on any atom is -0.347 e. The Bertz CT molecular complexity index is 390. The highest BCUT2D eigenvalue weighted by molar-refractivity contribution is 5.94. The van der Waals surface area contributed by atoms with E-state index in [0.717, 1.165) is 13.0 Å². The van der Waals surface area contributed by atoms with Crippen molar-refractivity contribution in [3.8, 4) is 0 Å². The molecule has 1 aromatic heterocycles. The van der Waals surface area contributed by atoms with Gasteiger partial charge >= 0.3 is 0 Å². The standard InChI is InChI=1S/C12H18N4O2.2ClH/c1-13-6-3-5-11(17)15-9-12(18)16-10-4-2-7-14-8-10;;/h2,4,7-8,13H,3,5-6,9H2,1H3,(H,15,17)(H,16,18);2*1H. The van der Waals surface area contributed by atoms with Gasteiger partial charge in [0.25, 0.3) is 0 Å². The lowest BCUT2D eigenvalue weighted by Crippen LogP contribution is -2.33. The molecule has 20 heavy (non-hydrogen) atoms. The molecule has 1 rings (SSSR count). The number of nitrogens with one attached hydrogen (secondary N) is 3. The van der Waals surface area contributed by atoms with Crippen molar-refractivity contribution in [2.45, 2.75) is 12.8 Å². The van der Waals surface area contributed by atoms with Crippen LogP contribution in [0.1, 0.15) is 12.8 Å². The van der Waals surface area contributed by atoms with Gasteiger partial charge in [-0.1, -0.05) is 0 Å². The molecular weight excluding hydrogens is 303 g/mol. The van der Waals surface area contributed by atoms with Crippen molar-refractivity contribution in [1.82, 2.24) is 15.6 Å². The molecule has 0 aliphatic rings. The van der Waals surface area contributed by atoms with E-state index in [1.165, 1.54) is 0 Å². The molecule has 0 radical (unpaired) electrons. The summed E-state index contributed by atoms with van der Waals surface area (Å²) < 4.78 is 0. The van der Waals surface area contributed by atoms with E-state index in [4.69, 9.17) is 0 Å². The highest BCUT2D eigenvalue weighted by Gasteiger charge is 2.05. The first kappa shape index (κ1) is 20.9. The Kier molecular flexibility index (Phi) is 13.2. The fraction of sp³-hybridized carbons (Fsp3) is 0.417. The van der Waals surface area contributed by atoms with Crippen molar-refractivity contribution in [3.05, 3.63) is 24.5 Å². The van der Waals surface area contributed by atoms with Crippen LogP contribution in [0.4, 0.5) is 5.69 Å².